The van der Waals surface area contributed by atoms with Crippen molar-refractivity contribution in [2.24, 2.45) is 0 Å². The highest BCUT2D eigenvalue weighted by molar-refractivity contribution is 7.86. The number of ether oxygens (including phenoxy) is 1. The molecule has 104 valence electrons. The van der Waals surface area contributed by atoms with Crippen molar-refractivity contribution >= 4 is 16.0 Å². The highest BCUT2D eigenvalue weighted by Crippen LogP contribution is 2.14. The molecule has 1 aliphatic rings. The summed E-state index contributed by atoms with van der Waals surface area (Å²) in [7, 11) is -3.78. The van der Waals surface area contributed by atoms with E-state index in [0.717, 1.165) is 5.56 Å². The maximum absolute atomic E-state index is 11.9. The van der Waals surface area contributed by atoms with Crippen LogP contribution < -0.4 is 5.32 Å². The van der Waals surface area contributed by atoms with Crippen molar-refractivity contribution in [3.05, 3.63) is 29.8 Å². The first-order valence-electron chi connectivity index (χ1n) is 5.82. The second-order valence-electron chi connectivity index (χ2n) is 4.29. The molecule has 0 bridgehead atoms. The number of carbonyl (C=O) groups is 1. The molecule has 19 heavy (non-hydrogen) atoms. The lowest BCUT2D eigenvalue weighted by atomic mass is 10.2. The normalized spacial score (nSPS) is 20.1. The Kier molecular flexibility index (Phi) is 4.18. The SMILES string of the molecule is Cc1ccc(S(=O)(=O)OC[C@@H]2CNC(=O)CO2)cc1. The molecule has 0 aromatic heterocycles. The Labute approximate surface area is 111 Å². The minimum absolute atomic E-state index is 0.0708. The summed E-state index contributed by atoms with van der Waals surface area (Å²) in [4.78, 5) is 11.0. The molecule has 1 heterocycles. The number of amides is 1. The summed E-state index contributed by atoms with van der Waals surface area (Å²) in [6, 6.07) is 6.39. The van der Waals surface area contributed by atoms with Gasteiger partial charge in [-0.05, 0) is 19.1 Å². The van der Waals surface area contributed by atoms with Crippen LogP contribution in [0.2, 0.25) is 0 Å². The molecule has 1 aromatic carbocycles. The zero-order chi connectivity index (χ0) is 13.9. The third kappa shape index (κ3) is 3.76. The molecule has 1 aromatic rings. The largest absolute Gasteiger partial charge is 0.364 e. The van der Waals surface area contributed by atoms with Gasteiger partial charge in [0, 0.05) is 6.54 Å². The monoisotopic (exact) mass is 285 g/mol. The molecule has 0 spiro atoms. The first-order valence-corrected chi connectivity index (χ1v) is 7.22. The number of benzene rings is 1. The second-order valence-corrected chi connectivity index (χ2v) is 5.90. The molecule has 0 radical (unpaired) electrons. The number of hydrogen-bond acceptors (Lipinski definition) is 5. The Hall–Kier alpha value is -1.44. The van der Waals surface area contributed by atoms with E-state index in [4.69, 9.17) is 8.92 Å². The zero-order valence-electron chi connectivity index (χ0n) is 10.5. The number of morpholine rings is 1. The van der Waals surface area contributed by atoms with E-state index >= 15 is 0 Å². The summed E-state index contributed by atoms with van der Waals surface area (Å²) < 4.78 is 33.8. The molecule has 7 heteroatoms. The van der Waals surface area contributed by atoms with Gasteiger partial charge in [-0.15, -0.1) is 0 Å². The second kappa shape index (κ2) is 5.68. The van der Waals surface area contributed by atoms with E-state index in [1.165, 1.54) is 12.1 Å². The fraction of sp³-hybridized carbons (Fsp3) is 0.417. The molecular formula is C12H15NO5S. The van der Waals surface area contributed by atoms with Crippen LogP contribution in [0, 0.1) is 6.92 Å². The average molecular weight is 285 g/mol. The lowest BCUT2D eigenvalue weighted by Gasteiger charge is -2.22. The van der Waals surface area contributed by atoms with Crippen LogP contribution in [0.4, 0.5) is 0 Å². The van der Waals surface area contributed by atoms with E-state index in [2.05, 4.69) is 5.32 Å². The highest BCUT2D eigenvalue weighted by Gasteiger charge is 2.22. The smallest absolute Gasteiger partial charge is 0.297 e. The van der Waals surface area contributed by atoms with Crippen LogP contribution in [0.15, 0.2) is 29.2 Å². The van der Waals surface area contributed by atoms with Gasteiger partial charge in [0.15, 0.2) is 0 Å². The van der Waals surface area contributed by atoms with Gasteiger partial charge in [-0.25, -0.2) is 0 Å². The maximum Gasteiger partial charge on any atom is 0.297 e. The fourth-order valence-corrected chi connectivity index (χ4v) is 2.51. The molecule has 0 saturated carbocycles. The van der Waals surface area contributed by atoms with Gasteiger partial charge in [-0.2, -0.15) is 8.42 Å². The van der Waals surface area contributed by atoms with Crippen LogP contribution in [0.1, 0.15) is 5.56 Å². The lowest BCUT2D eigenvalue weighted by Crippen LogP contribution is -2.45. The maximum atomic E-state index is 11.9. The number of carbonyl (C=O) groups excluding carboxylic acids is 1. The molecule has 1 fully saturated rings. The molecule has 1 aliphatic heterocycles. The van der Waals surface area contributed by atoms with Gasteiger partial charge < -0.3 is 10.1 Å². The van der Waals surface area contributed by atoms with Crippen LogP contribution in [-0.2, 0) is 23.8 Å². The van der Waals surface area contributed by atoms with Crippen molar-refractivity contribution in [2.75, 3.05) is 19.8 Å². The molecule has 2 rings (SSSR count). The van der Waals surface area contributed by atoms with Crippen LogP contribution in [-0.4, -0.2) is 40.2 Å². The summed E-state index contributed by atoms with van der Waals surface area (Å²) in [6.45, 7) is 1.94. The third-order valence-electron chi connectivity index (χ3n) is 2.70. The summed E-state index contributed by atoms with van der Waals surface area (Å²) in [5.41, 5.74) is 0.970. The molecule has 1 amide bonds. The average Bonchev–Trinajstić information content (AvgIpc) is 2.39. The highest BCUT2D eigenvalue weighted by atomic mass is 32.2. The first kappa shape index (κ1) is 14.0. The number of rotatable bonds is 4. The van der Waals surface area contributed by atoms with Gasteiger partial charge in [-0.1, -0.05) is 17.7 Å². The van der Waals surface area contributed by atoms with Crippen molar-refractivity contribution < 1.29 is 22.1 Å². The Morgan fingerprint density at radius 3 is 2.63 bits per heavy atom. The van der Waals surface area contributed by atoms with Crippen LogP contribution in [0.3, 0.4) is 0 Å². The Balaban J connectivity index is 1.94. The summed E-state index contributed by atoms with van der Waals surface area (Å²) in [6.07, 6.45) is -0.446. The summed E-state index contributed by atoms with van der Waals surface area (Å²) in [5, 5.41) is 2.58. The van der Waals surface area contributed by atoms with Crippen molar-refractivity contribution in [3.8, 4) is 0 Å². The number of hydrogen-bond donors (Lipinski definition) is 1. The molecule has 0 unspecified atom stereocenters. The molecule has 1 atom stereocenters. The van der Waals surface area contributed by atoms with Gasteiger partial charge >= 0.3 is 0 Å². The lowest BCUT2D eigenvalue weighted by molar-refractivity contribution is -0.134. The minimum Gasteiger partial charge on any atom is -0.364 e. The van der Waals surface area contributed by atoms with Gasteiger partial charge in [0.05, 0.1) is 11.5 Å². The molecule has 6 nitrogen and oxygen atoms in total. The van der Waals surface area contributed by atoms with Gasteiger partial charge in [0.2, 0.25) is 5.91 Å². The number of nitrogens with one attached hydrogen (secondary N) is 1. The molecular weight excluding hydrogens is 270 g/mol. The van der Waals surface area contributed by atoms with E-state index in [-0.39, 0.29) is 30.6 Å². The molecule has 1 N–H and O–H groups in total. The first-order chi connectivity index (χ1) is 8.97. The number of aryl methyl sites for hydroxylation is 1. The van der Waals surface area contributed by atoms with Crippen LogP contribution in [0.25, 0.3) is 0 Å². The standard InChI is InChI=1S/C12H15NO5S/c1-9-2-4-11(5-3-9)19(15,16)18-7-10-6-13-12(14)8-17-10/h2-5,10H,6-8H2,1H3,(H,13,14)/t10-/m0/s1. The Morgan fingerprint density at radius 2 is 2.05 bits per heavy atom. The minimum atomic E-state index is -3.78. The van der Waals surface area contributed by atoms with Crippen LogP contribution in [0.5, 0.6) is 0 Å². The van der Waals surface area contributed by atoms with Crippen molar-refractivity contribution in [1.82, 2.24) is 5.32 Å². The quantitative estimate of drug-likeness (QED) is 0.800. The Bertz CT molecular complexity index is 542. The topological polar surface area (TPSA) is 81.7 Å². The van der Waals surface area contributed by atoms with Crippen molar-refractivity contribution in [1.29, 1.82) is 0 Å². The third-order valence-corrected chi connectivity index (χ3v) is 3.99. The van der Waals surface area contributed by atoms with E-state index in [9.17, 15) is 13.2 Å². The van der Waals surface area contributed by atoms with E-state index < -0.39 is 16.2 Å². The predicted octanol–water partition coefficient (Wildman–Crippen LogP) is 0.215. The van der Waals surface area contributed by atoms with Crippen molar-refractivity contribution in [3.63, 3.8) is 0 Å². The van der Waals surface area contributed by atoms with Gasteiger partial charge in [0.25, 0.3) is 10.1 Å². The molecule has 0 aliphatic carbocycles. The summed E-state index contributed by atoms with van der Waals surface area (Å²) >= 11 is 0. The van der Waals surface area contributed by atoms with Gasteiger partial charge in [0.1, 0.15) is 12.7 Å². The van der Waals surface area contributed by atoms with Crippen LogP contribution >= 0.6 is 0 Å². The van der Waals surface area contributed by atoms with E-state index in [1.54, 1.807) is 12.1 Å². The zero-order valence-corrected chi connectivity index (χ0v) is 11.3. The van der Waals surface area contributed by atoms with Gasteiger partial charge in [-0.3, -0.25) is 8.98 Å². The predicted molar refractivity (Wildman–Crippen MR) is 67.1 cm³/mol. The fourth-order valence-electron chi connectivity index (χ4n) is 1.58. The van der Waals surface area contributed by atoms with E-state index in [0.29, 0.717) is 0 Å². The van der Waals surface area contributed by atoms with Crippen molar-refractivity contribution in [2.45, 2.75) is 17.9 Å². The molecule has 1 saturated heterocycles. The Morgan fingerprint density at radius 1 is 1.37 bits per heavy atom. The van der Waals surface area contributed by atoms with E-state index in [1.807, 2.05) is 6.92 Å². The summed E-state index contributed by atoms with van der Waals surface area (Å²) in [5.74, 6) is -0.211.